The van der Waals surface area contributed by atoms with Crippen molar-refractivity contribution in [2.24, 2.45) is 0 Å². The molecule has 2 saturated heterocycles. The van der Waals surface area contributed by atoms with Crippen LogP contribution in [-0.2, 0) is 9.47 Å². The van der Waals surface area contributed by atoms with Gasteiger partial charge in [-0.25, -0.2) is 4.79 Å². The van der Waals surface area contributed by atoms with Crippen molar-refractivity contribution in [2.45, 2.75) is 25.0 Å². The molecule has 0 saturated carbocycles. The Morgan fingerprint density at radius 1 is 1.71 bits per heavy atom. The lowest BCUT2D eigenvalue weighted by Crippen LogP contribution is -2.21. The summed E-state index contributed by atoms with van der Waals surface area (Å²) < 4.78 is 10.3. The van der Waals surface area contributed by atoms with Crippen molar-refractivity contribution in [3.63, 3.8) is 0 Å². The lowest BCUT2D eigenvalue weighted by atomic mass is 10.2. The van der Waals surface area contributed by atoms with E-state index in [1.807, 2.05) is 6.07 Å². The van der Waals surface area contributed by atoms with E-state index in [0.717, 1.165) is 19.4 Å². The summed E-state index contributed by atoms with van der Waals surface area (Å²) in [7, 11) is 0. The topological polar surface area (TPSA) is 62.3 Å². The first-order valence-electron chi connectivity index (χ1n) is 4.76. The Morgan fingerprint density at radius 3 is 3.14 bits per heavy atom. The van der Waals surface area contributed by atoms with Gasteiger partial charge in [0, 0.05) is 6.61 Å². The van der Waals surface area contributed by atoms with Gasteiger partial charge in [-0.3, -0.25) is 4.90 Å². The van der Waals surface area contributed by atoms with Crippen LogP contribution >= 0.6 is 0 Å². The van der Waals surface area contributed by atoms with E-state index >= 15 is 0 Å². The highest BCUT2D eigenvalue weighted by molar-refractivity contribution is 5.71. The average molecular weight is 196 g/mol. The molecular weight excluding hydrogens is 184 g/mol. The predicted octanol–water partition coefficient (Wildman–Crippen LogP) is 0.510. The van der Waals surface area contributed by atoms with Crippen molar-refractivity contribution < 1.29 is 14.3 Å². The zero-order valence-electron chi connectivity index (χ0n) is 7.81. The summed E-state index contributed by atoms with van der Waals surface area (Å²) in [6.07, 6.45) is 1.65. The average Bonchev–Trinajstić information content (AvgIpc) is 2.82. The minimum Gasteiger partial charge on any atom is -0.447 e. The van der Waals surface area contributed by atoms with E-state index in [0.29, 0.717) is 13.2 Å². The van der Waals surface area contributed by atoms with E-state index in [1.54, 1.807) is 0 Å². The van der Waals surface area contributed by atoms with E-state index in [4.69, 9.17) is 14.7 Å². The van der Waals surface area contributed by atoms with Gasteiger partial charge in [-0.05, 0) is 12.8 Å². The maximum atomic E-state index is 11.2. The van der Waals surface area contributed by atoms with Crippen LogP contribution in [0.2, 0.25) is 0 Å². The molecule has 5 heteroatoms. The van der Waals surface area contributed by atoms with Gasteiger partial charge in [0.15, 0.2) is 0 Å². The summed E-state index contributed by atoms with van der Waals surface area (Å²) in [5, 5.41) is 8.48. The van der Waals surface area contributed by atoms with Gasteiger partial charge < -0.3 is 9.47 Å². The van der Waals surface area contributed by atoms with Crippen molar-refractivity contribution in [2.75, 3.05) is 19.8 Å². The molecule has 0 aromatic carbocycles. The van der Waals surface area contributed by atoms with Crippen molar-refractivity contribution in [3.8, 4) is 6.07 Å². The number of rotatable bonds is 2. The number of hydrogen-bond donors (Lipinski definition) is 0. The Bertz CT molecular complexity index is 268. The van der Waals surface area contributed by atoms with Crippen molar-refractivity contribution in [1.29, 1.82) is 5.26 Å². The number of nitrogens with zero attached hydrogens (tertiary/aromatic N) is 2. The molecule has 2 atom stereocenters. The number of carbonyl (C=O) groups excluding carboxylic acids is 1. The van der Waals surface area contributed by atoms with Crippen molar-refractivity contribution >= 4 is 6.09 Å². The Balaban J connectivity index is 1.66. The van der Waals surface area contributed by atoms with Gasteiger partial charge in [-0.2, -0.15) is 5.26 Å². The summed E-state index contributed by atoms with van der Waals surface area (Å²) in [4.78, 5) is 12.6. The Labute approximate surface area is 82.2 Å². The highest BCUT2D eigenvalue weighted by Gasteiger charge is 2.40. The minimum atomic E-state index is -0.396. The zero-order chi connectivity index (χ0) is 9.97. The molecule has 2 fully saturated rings. The number of amides is 1. The van der Waals surface area contributed by atoms with E-state index in [2.05, 4.69) is 0 Å². The van der Waals surface area contributed by atoms with Crippen LogP contribution in [0.3, 0.4) is 0 Å². The smallest absolute Gasteiger partial charge is 0.411 e. The summed E-state index contributed by atoms with van der Waals surface area (Å²) in [5.41, 5.74) is 0. The second kappa shape index (κ2) is 3.84. The van der Waals surface area contributed by atoms with Crippen LogP contribution < -0.4 is 0 Å². The summed E-state index contributed by atoms with van der Waals surface area (Å²) >= 11 is 0. The second-order valence-corrected chi connectivity index (χ2v) is 3.51. The first-order chi connectivity index (χ1) is 6.81. The third-order valence-corrected chi connectivity index (χ3v) is 2.41. The van der Waals surface area contributed by atoms with E-state index in [-0.39, 0.29) is 12.1 Å². The Hall–Kier alpha value is -1.28. The number of nitriles is 1. The van der Waals surface area contributed by atoms with E-state index in [9.17, 15) is 4.79 Å². The second-order valence-electron chi connectivity index (χ2n) is 3.51. The van der Waals surface area contributed by atoms with Gasteiger partial charge in [0.1, 0.15) is 12.6 Å². The normalized spacial score (nSPS) is 29.8. The van der Waals surface area contributed by atoms with Crippen molar-refractivity contribution in [1.82, 2.24) is 4.90 Å². The molecule has 0 aliphatic carbocycles. The standard InChI is InChI=1S/C9H12N2O3/c10-4-7-5-11(7)9(12)14-6-8-2-1-3-13-8/h7-8H,1-3,5-6H2. The molecule has 0 N–H and O–H groups in total. The number of hydrogen-bond acceptors (Lipinski definition) is 4. The minimum absolute atomic E-state index is 0.0550. The van der Waals surface area contributed by atoms with Crippen LogP contribution in [0.25, 0.3) is 0 Å². The molecule has 14 heavy (non-hydrogen) atoms. The highest BCUT2D eigenvalue weighted by atomic mass is 16.6. The fourth-order valence-corrected chi connectivity index (χ4v) is 1.47. The largest absolute Gasteiger partial charge is 0.447 e. The van der Waals surface area contributed by atoms with Crippen LogP contribution in [0.4, 0.5) is 4.79 Å². The molecule has 2 heterocycles. The third-order valence-electron chi connectivity index (χ3n) is 2.41. The molecule has 0 aromatic rings. The van der Waals surface area contributed by atoms with Gasteiger partial charge in [0.05, 0.1) is 18.7 Å². The van der Waals surface area contributed by atoms with Gasteiger partial charge in [-0.1, -0.05) is 0 Å². The maximum absolute atomic E-state index is 11.2. The van der Waals surface area contributed by atoms with Gasteiger partial charge >= 0.3 is 6.09 Å². The Morgan fingerprint density at radius 2 is 2.57 bits per heavy atom. The maximum Gasteiger partial charge on any atom is 0.411 e. The predicted molar refractivity (Wildman–Crippen MR) is 46.4 cm³/mol. The fraction of sp³-hybridized carbons (Fsp3) is 0.778. The summed E-state index contributed by atoms with van der Waals surface area (Å²) in [6, 6.07) is 1.72. The molecule has 2 aliphatic rings. The molecule has 76 valence electrons. The lowest BCUT2D eigenvalue weighted by Gasteiger charge is -2.10. The molecular formula is C9H12N2O3. The third kappa shape index (κ3) is 1.96. The van der Waals surface area contributed by atoms with Gasteiger partial charge in [0.25, 0.3) is 0 Å². The number of ether oxygens (including phenoxy) is 2. The lowest BCUT2D eigenvalue weighted by molar-refractivity contribution is 0.0387. The SMILES string of the molecule is N#CC1CN1C(=O)OCC1CCCO1. The zero-order valence-corrected chi connectivity index (χ0v) is 7.81. The first kappa shape index (κ1) is 9.28. The van der Waals surface area contributed by atoms with E-state index in [1.165, 1.54) is 4.90 Å². The van der Waals surface area contributed by atoms with Crippen molar-refractivity contribution in [3.05, 3.63) is 0 Å². The molecule has 0 spiro atoms. The molecule has 0 radical (unpaired) electrons. The van der Waals surface area contributed by atoms with E-state index < -0.39 is 6.09 Å². The monoisotopic (exact) mass is 196 g/mol. The van der Waals surface area contributed by atoms with Crippen LogP contribution in [-0.4, -0.2) is 42.9 Å². The van der Waals surface area contributed by atoms with Crippen LogP contribution in [0, 0.1) is 11.3 Å². The Kier molecular flexibility index (Phi) is 2.55. The molecule has 2 unspecified atom stereocenters. The molecule has 2 rings (SSSR count). The van der Waals surface area contributed by atoms with Crippen LogP contribution in [0.1, 0.15) is 12.8 Å². The first-order valence-corrected chi connectivity index (χ1v) is 4.76. The summed E-state index contributed by atoms with van der Waals surface area (Å²) in [5.74, 6) is 0. The fourth-order valence-electron chi connectivity index (χ4n) is 1.47. The van der Waals surface area contributed by atoms with Gasteiger partial charge in [0.2, 0.25) is 0 Å². The van der Waals surface area contributed by atoms with Gasteiger partial charge in [-0.15, -0.1) is 0 Å². The molecule has 2 aliphatic heterocycles. The molecule has 1 amide bonds. The van der Waals surface area contributed by atoms with Crippen LogP contribution in [0.5, 0.6) is 0 Å². The molecule has 0 aromatic heterocycles. The van der Waals surface area contributed by atoms with Crippen LogP contribution in [0.15, 0.2) is 0 Å². The highest BCUT2D eigenvalue weighted by Crippen LogP contribution is 2.18. The summed E-state index contributed by atoms with van der Waals surface area (Å²) in [6.45, 7) is 1.57. The molecule has 0 bridgehead atoms. The quantitative estimate of drug-likeness (QED) is 0.604. The molecule has 5 nitrogen and oxygen atoms in total. The number of carbonyl (C=O) groups is 1.